The molecule has 0 N–H and O–H groups in total. The molecule has 2 atom stereocenters. The van der Waals surface area contributed by atoms with E-state index in [1.807, 2.05) is 0 Å². The minimum Gasteiger partial charge on any atom is -0.353 e. The van der Waals surface area contributed by atoms with Gasteiger partial charge < -0.3 is 23.8 Å². The Morgan fingerprint density at radius 3 is 1.50 bits per heavy atom. The van der Waals surface area contributed by atoms with Crippen molar-refractivity contribution in [3.05, 3.63) is 59.7 Å². The number of ether oxygens (including phenoxy) is 4. The average Bonchev–Trinajstić information content (AvgIpc) is 2.83. The maximum Gasteiger partial charge on any atom is 0.158 e. The topological polar surface area (TPSA) is 40.2 Å². The third-order valence-corrected chi connectivity index (χ3v) is 5.79. The van der Waals surface area contributed by atoms with Crippen molar-refractivity contribution >= 4 is 11.4 Å². The number of hydrogen-bond acceptors (Lipinski definition) is 5. The standard InChI is InChI=1S/C25H33NO4/c1-26(22-12-8-20(9-13-22)18-29-24-6-2-4-16-27-24)23-14-10-21(11-15-23)19-30-25-7-3-5-17-28-25/h8-15,24-25H,2-7,16-19H2,1H3. The predicted molar refractivity (Wildman–Crippen MR) is 118 cm³/mol. The molecule has 5 heteroatoms. The molecule has 2 unspecified atom stereocenters. The molecule has 2 aliphatic heterocycles. The third-order valence-electron chi connectivity index (χ3n) is 5.79. The molecule has 0 aromatic heterocycles. The van der Waals surface area contributed by atoms with E-state index in [1.54, 1.807) is 0 Å². The highest BCUT2D eigenvalue weighted by molar-refractivity contribution is 5.62. The van der Waals surface area contributed by atoms with Crippen LogP contribution in [0, 0.1) is 0 Å². The van der Waals surface area contributed by atoms with E-state index in [4.69, 9.17) is 18.9 Å². The van der Waals surface area contributed by atoms with E-state index in [2.05, 4.69) is 60.5 Å². The van der Waals surface area contributed by atoms with Crippen molar-refractivity contribution in [1.82, 2.24) is 0 Å². The summed E-state index contributed by atoms with van der Waals surface area (Å²) in [6.07, 6.45) is 6.56. The van der Waals surface area contributed by atoms with Gasteiger partial charge in [-0.2, -0.15) is 0 Å². The molecule has 0 bridgehead atoms. The summed E-state index contributed by atoms with van der Waals surface area (Å²) in [4.78, 5) is 2.18. The lowest BCUT2D eigenvalue weighted by Gasteiger charge is -2.23. The summed E-state index contributed by atoms with van der Waals surface area (Å²) in [5.41, 5.74) is 4.62. The van der Waals surface area contributed by atoms with Gasteiger partial charge in [-0.1, -0.05) is 24.3 Å². The second-order valence-corrected chi connectivity index (χ2v) is 8.11. The first-order valence-corrected chi connectivity index (χ1v) is 11.2. The second kappa shape index (κ2) is 10.9. The van der Waals surface area contributed by atoms with Crippen molar-refractivity contribution in [2.75, 3.05) is 25.2 Å². The van der Waals surface area contributed by atoms with Gasteiger partial charge in [-0.3, -0.25) is 0 Å². The zero-order valence-corrected chi connectivity index (χ0v) is 17.9. The Labute approximate surface area is 179 Å². The molecule has 2 heterocycles. The molecule has 0 spiro atoms. The average molecular weight is 412 g/mol. The van der Waals surface area contributed by atoms with Gasteiger partial charge in [-0.15, -0.1) is 0 Å². The van der Waals surface area contributed by atoms with Crippen LogP contribution in [0.1, 0.15) is 49.7 Å². The quantitative estimate of drug-likeness (QED) is 0.570. The van der Waals surface area contributed by atoms with Crippen LogP contribution in [-0.2, 0) is 32.2 Å². The lowest BCUT2D eigenvalue weighted by Crippen LogP contribution is -2.22. The van der Waals surface area contributed by atoms with Crippen molar-refractivity contribution in [1.29, 1.82) is 0 Å². The summed E-state index contributed by atoms with van der Waals surface area (Å²) < 4.78 is 23.0. The van der Waals surface area contributed by atoms with Crippen molar-refractivity contribution in [3.8, 4) is 0 Å². The first-order chi connectivity index (χ1) is 14.8. The largest absolute Gasteiger partial charge is 0.353 e. The van der Waals surface area contributed by atoms with Crippen LogP contribution in [0.4, 0.5) is 11.4 Å². The summed E-state index contributed by atoms with van der Waals surface area (Å²) in [6, 6.07) is 17.1. The molecule has 2 saturated heterocycles. The molecule has 2 aliphatic rings. The Bertz CT molecular complexity index is 684. The Balaban J connectivity index is 1.27. The van der Waals surface area contributed by atoms with Crippen LogP contribution in [-0.4, -0.2) is 32.8 Å². The number of nitrogens with zero attached hydrogens (tertiary/aromatic N) is 1. The molecule has 30 heavy (non-hydrogen) atoms. The highest BCUT2D eigenvalue weighted by Gasteiger charge is 2.15. The highest BCUT2D eigenvalue weighted by atomic mass is 16.7. The van der Waals surface area contributed by atoms with E-state index in [9.17, 15) is 0 Å². The Hall–Kier alpha value is -1.92. The highest BCUT2D eigenvalue weighted by Crippen LogP contribution is 2.25. The summed E-state index contributed by atoms with van der Waals surface area (Å²) in [5.74, 6) is 0. The number of benzene rings is 2. The van der Waals surface area contributed by atoms with Gasteiger partial charge in [0.1, 0.15) is 0 Å². The predicted octanol–water partition coefficient (Wildman–Crippen LogP) is 5.54. The van der Waals surface area contributed by atoms with Gasteiger partial charge in [0.2, 0.25) is 0 Å². The van der Waals surface area contributed by atoms with E-state index in [1.165, 1.54) is 24.0 Å². The lowest BCUT2D eigenvalue weighted by molar-refractivity contribution is -0.169. The first-order valence-electron chi connectivity index (χ1n) is 11.2. The molecule has 0 saturated carbocycles. The summed E-state index contributed by atoms with van der Waals surface area (Å²) in [7, 11) is 2.09. The minimum atomic E-state index is -0.0479. The smallest absolute Gasteiger partial charge is 0.158 e. The zero-order valence-electron chi connectivity index (χ0n) is 17.9. The van der Waals surface area contributed by atoms with Gasteiger partial charge in [0.25, 0.3) is 0 Å². The number of hydrogen-bond donors (Lipinski definition) is 0. The molecule has 2 aromatic rings. The molecule has 0 amide bonds. The van der Waals surface area contributed by atoms with Gasteiger partial charge in [0, 0.05) is 31.6 Å². The molecule has 2 fully saturated rings. The molecule has 0 radical (unpaired) electrons. The molecule has 5 nitrogen and oxygen atoms in total. The third kappa shape index (κ3) is 6.05. The van der Waals surface area contributed by atoms with Gasteiger partial charge in [-0.05, 0) is 73.9 Å². The molecular formula is C25H33NO4. The molecule has 4 rings (SSSR count). The zero-order chi connectivity index (χ0) is 20.6. The van der Waals surface area contributed by atoms with E-state index >= 15 is 0 Å². The maximum absolute atomic E-state index is 5.88. The lowest BCUT2D eigenvalue weighted by atomic mass is 10.1. The Morgan fingerprint density at radius 2 is 1.13 bits per heavy atom. The maximum atomic E-state index is 5.88. The van der Waals surface area contributed by atoms with Gasteiger partial charge in [-0.25, -0.2) is 0 Å². The van der Waals surface area contributed by atoms with Crippen LogP contribution in [0.3, 0.4) is 0 Å². The second-order valence-electron chi connectivity index (χ2n) is 8.11. The van der Waals surface area contributed by atoms with E-state index in [0.29, 0.717) is 13.2 Å². The molecule has 162 valence electrons. The number of anilines is 2. The van der Waals surface area contributed by atoms with Crippen LogP contribution in [0.25, 0.3) is 0 Å². The van der Waals surface area contributed by atoms with E-state index in [0.717, 1.165) is 50.3 Å². The van der Waals surface area contributed by atoms with Crippen LogP contribution in [0.2, 0.25) is 0 Å². The van der Waals surface area contributed by atoms with Crippen molar-refractivity contribution in [2.24, 2.45) is 0 Å². The summed E-state index contributed by atoms with van der Waals surface area (Å²) in [5, 5.41) is 0. The van der Waals surface area contributed by atoms with Crippen molar-refractivity contribution in [2.45, 2.75) is 64.3 Å². The Morgan fingerprint density at radius 1 is 0.700 bits per heavy atom. The van der Waals surface area contributed by atoms with E-state index < -0.39 is 0 Å². The molecule has 2 aromatic carbocycles. The normalized spacial score (nSPS) is 22.0. The van der Waals surface area contributed by atoms with Gasteiger partial charge >= 0.3 is 0 Å². The number of rotatable bonds is 8. The van der Waals surface area contributed by atoms with Crippen LogP contribution >= 0.6 is 0 Å². The fourth-order valence-corrected chi connectivity index (χ4v) is 3.84. The molecule has 0 aliphatic carbocycles. The first kappa shape index (κ1) is 21.3. The van der Waals surface area contributed by atoms with Crippen LogP contribution in [0.15, 0.2) is 48.5 Å². The Kier molecular flexibility index (Phi) is 7.76. The van der Waals surface area contributed by atoms with E-state index in [-0.39, 0.29) is 12.6 Å². The minimum absolute atomic E-state index is 0.0479. The van der Waals surface area contributed by atoms with Crippen LogP contribution < -0.4 is 4.90 Å². The fraction of sp³-hybridized carbons (Fsp3) is 0.520. The summed E-state index contributed by atoms with van der Waals surface area (Å²) in [6.45, 7) is 2.81. The molecular weight excluding hydrogens is 378 g/mol. The van der Waals surface area contributed by atoms with Gasteiger partial charge in [0.15, 0.2) is 12.6 Å². The SMILES string of the molecule is CN(c1ccc(COC2CCCCO2)cc1)c1ccc(COC2CCCCO2)cc1. The van der Waals surface area contributed by atoms with Crippen molar-refractivity contribution < 1.29 is 18.9 Å². The van der Waals surface area contributed by atoms with Crippen molar-refractivity contribution in [3.63, 3.8) is 0 Å². The monoisotopic (exact) mass is 411 g/mol. The fourth-order valence-electron chi connectivity index (χ4n) is 3.84. The van der Waals surface area contributed by atoms with Gasteiger partial charge in [0.05, 0.1) is 13.2 Å². The summed E-state index contributed by atoms with van der Waals surface area (Å²) >= 11 is 0. The van der Waals surface area contributed by atoms with Crippen LogP contribution in [0.5, 0.6) is 0 Å².